The molecule has 10 heteroatoms. The van der Waals surface area contributed by atoms with Gasteiger partial charge in [0, 0.05) is 13.0 Å². The number of hydrogen-bond acceptors (Lipinski definition) is 5. The van der Waals surface area contributed by atoms with E-state index in [0.29, 0.717) is 17.6 Å². The molecule has 1 aliphatic rings. The fourth-order valence-corrected chi connectivity index (χ4v) is 3.55. The molecule has 1 atom stereocenters. The van der Waals surface area contributed by atoms with Crippen LogP contribution in [-0.4, -0.2) is 40.1 Å². The summed E-state index contributed by atoms with van der Waals surface area (Å²) in [4.78, 5) is 11.5. The summed E-state index contributed by atoms with van der Waals surface area (Å²) in [6.07, 6.45) is -0.495. The molecule has 0 aliphatic carbocycles. The number of nitrogens with one attached hydrogen (secondary N) is 2. The Morgan fingerprint density at radius 2 is 1.86 bits per heavy atom. The van der Waals surface area contributed by atoms with Gasteiger partial charge in [-0.15, -0.1) is 0 Å². The quantitative estimate of drug-likeness (QED) is 0.721. The molecule has 1 unspecified atom stereocenters. The second-order valence-electron chi connectivity index (χ2n) is 6.03. The topological polar surface area (TPSA) is 93.7 Å². The number of carbonyl (C=O) groups is 1. The van der Waals surface area contributed by atoms with E-state index in [1.807, 2.05) is 12.1 Å². The van der Waals surface area contributed by atoms with E-state index >= 15 is 0 Å². The van der Waals surface area contributed by atoms with E-state index in [2.05, 4.69) is 10.0 Å². The molecule has 2 N–H and O–H groups in total. The van der Waals surface area contributed by atoms with Gasteiger partial charge in [-0.2, -0.15) is 0 Å². The Kier molecular flexibility index (Phi) is 6.10. The second kappa shape index (κ2) is 8.53. The van der Waals surface area contributed by atoms with Gasteiger partial charge in [0.15, 0.2) is 23.1 Å². The molecule has 0 saturated carbocycles. The van der Waals surface area contributed by atoms with Gasteiger partial charge in [0.05, 0.1) is 11.4 Å². The van der Waals surface area contributed by atoms with Crippen molar-refractivity contribution in [3.63, 3.8) is 0 Å². The summed E-state index contributed by atoms with van der Waals surface area (Å²) < 4.78 is 63.5. The van der Waals surface area contributed by atoms with Crippen molar-refractivity contribution >= 4 is 15.9 Å². The molecule has 0 saturated heterocycles. The minimum Gasteiger partial charge on any atom is -0.486 e. The number of benzene rings is 2. The Morgan fingerprint density at radius 1 is 1.11 bits per heavy atom. The van der Waals surface area contributed by atoms with Gasteiger partial charge in [0.25, 0.3) is 0 Å². The number of fused-ring (bicyclic) bond motifs is 1. The standard InChI is InChI=1S/C18H18F2N2O5S/c19-14-6-5-13(9-15(14)20)28(24,25)22-8-7-18(23)21-10-12-11-26-16-3-1-2-4-17(16)27-12/h1-6,9,12,22H,7-8,10-11H2,(H,21,23). The Labute approximate surface area is 160 Å². The van der Waals surface area contributed by atoms with Gasteiger partial charge in [-0.3, -0.25) is 4.79 Å². The van der Waals surface area contributed by atoms with Gasteiger partial charge < -0.3 is 14.8 Å². The van der Waals surface area contributed by atoms with Crippen LogP contribution < -0.4 is 19.5 Å². The van der Waals surface area contributed by atoms with Crippen molar-refractivity contribution in [2.75, 3.05) is 19.7 Å². The van der Waals surface area contributed by atoms with Crippen LogP contribution in [0.15, 0.2) is 47.4 Å². The molecule has 0 radical (unpaired) electrons. The fraction of sp³-hybridized carbons (Fsp3) is 0.278. The molecule has 28 heavy (non-hydrogen) atoms. The van der Waals surface area contributed by atoms with E-state index in [9.17, 15) is 22.0 Å². The molecule has 2 aromatic rings. The molecule has 1 aliphatic heterocycles. The van der Waals surface area contributed by atoms with Crippen molar-refractivity contribution in [2.45, 2.75) is 17.4 Å². The Bertz CT molecular complexity index is 968. The molecule has 0 aromatic heterocycles. The maximum absolute atomic E-state index is 13.2. The molecule has 0 spiro atoms. The van der Waals surface area contributed by atoms with Crippen LogP contribution in [0.4, 0.5) is 8.78 Å². The van der Waals surface area contributed by atoms with E-state index < -0.39 is 32.5 Å². The Morgan fingerprint density at radius 3 is 2.61 bits per heavy atom. The van der Waals surface area contributed by atoms with Crippen LogP contribution in [0.3, 0.4) is 0 Å². The van der Waals surface area contributed by atoms with Crippen LogP contribution in [-0.2, 0) is 14.8 Å². The smallest absolute Gasteiger partial charge is 0.240 e. The summed E-state index contributed by atoms with van der Waals surface area (Å²) in [5.74, 6) is -1.58. The third-order valence-corrected chi connectivity index (χ3v) is 5.40. The van der Waals surface area contributed by atoms with E-state index in [1.54, 1.807) is 12.1 Å². The lowest BCUT2D eigenvalue weighted by Gasteiger charge is -2.26. The van der Waals surface area contributed by atoms with Crippen LogP contribution in [0.1, 0.15) is 6.42 Å². The molecule has 1 amide bonds. The first-order chi connectivity index (χ1) is 13.3. The van der Waals surface area contributed by atoms with Crippen molar-refractivity contribution in [2.24, 2.45) is 0 Å². The zero-order chi connectivity index (χ0) is 20.1. The van der Waals surface area contributed by atoms with E-state index in [4.69, 9.17) is 9.47 Å². The molecular weight excluding hydrogens is 394 g/mol. The molecule has 7 nitrogen and oxygen atoms in total. The number of hydrogen-bond donors (Lipinski definition) is 2. The maximum atomic E-state index is 13.2. The summed E-state index contributed by atoms with van der Waals surface area (Å²) in [7, 11) is -4.05. The first kappa shape index (κ1) is 20.0. The molecule has 0 fully saturated rings. The van der Waals surface area contributed by atoms with Crippen molar-refractivity contribution < 1.29 is 31.5 Å². The highest BCUT2D eigenvalue weighted by Gasteiger charge is 2.21. The van der Waals surface area contributed by atoms with Gasteiger partial charge in [-0.25, -0.2) is 21.9 Å². The summed E-state index contributed by atoms with van der Waals surface area (Å²) in [6, 6.07) is 9.42. The average molecular weight is 412 g/mol. The number of carbonyl (C=O) groups excluding carboxylic acids is 1. The van der Waals surface area contributed by atoms with Crippen LogP contribution in [0, 0.1) is 11.6 Å². The first-order valence-electron chi connectivity index (χ1n) is 8.45. The third kappa shape index (κ3) is 4.96. The molecule has 3 rings (SSSR count). The molecular formula is C18H18F2N2O5S. The number of amides is 1. The predicted octanol–water partition coefficient (Wildman–Crippen LogP) is 1.59. The maximum Gasteiger partial charge on any atom is 0.240 e. The van der Waals surface area contributed by atoms with E-state index in [-0.39, 0.29) is 32.2 Å². The van der Waals surface area contributed by atoms with Gasteiger partial charge in [-0.05, 0) is 30.3 Å². The lowest BCUT2D eigenvalue weighted by Crippen LogP contribution is -2.41. The number of para-hydroxylation sites is 2. The van der Waals surface area contributed by atoms with Gasteiger partial charge in [0.2, 0.25) is 15.9 Å². The fourth-order valence-electron chi connectivity index (χ4n) is 2.51. The van der Waals surface area contributed by atoms with E-state index in [1.165, 1.54) is 0 Å². The second-order valence-corrected chi connectivity index (χ2v) is 7.79. The number of rotatable bonds is 7. The van der Waals surface area contributed by atoms with Crippen molar-refractivity contribution in [1.82, 2.24) is 10.0 Å². The van der Waals surface area contributed by atoms with Crippen LogP contribution in [0.2, 0.25) is 0 Å². The molecule has 0 bridgehead atoms. The summed E-state index contributed by atoms with van der Waals surface area (Å²) in [5.41, 5.74) is 0. The normalized spacial score (nSPS) is 15.9. The van der Waals surface area contributed by atoms with Gasteiger partial charge in [-0.1, -0.05) is 12.1 Å². The highest BCUT2D eigenvalue weighted by Crippen LogP contribution is 2.30. The first-order valence-corrected chi connectivity index (χ1v) is 9.93. The van der Waals surface area contributed by atoms with Crippen molar-refractivity contribution in [3.05, 3.63) is 54.1 Å². The Balaban J connectivity index is 1.43. The average Bonchev–Trinajstić information content (AvgIpc) is 2.68. The lowest BCUT2D eigenvalue weighted by molar-refractivity contribution is -0.121. The SMILES string of the molecule is O=C(CCNS(=O)(=O)c1ccc(F)c(F)c1)NCC1COc2ccccc2O1. The van der Waals surface area contributed by atoms with E-state index in [0.717, 1.165) is 12.1 Å². The zero-order valence-electron chi connectivity index (χ0n) is 14.7. The van der Waals surface area contributed by atoms with Crippen molar-refractivity contribution in [1.29, 1.82) is 0 Å². The molecule has 2 aromatic carbocycles. The zero-order valence-corrected chi connectivity index (χ0v) is 15.5. The largest absolute Gasteiger partial charge is 0.486 e. The van der Waals surface area contributed by atoms with Crippen LogP contribution in [0.25, 0.3) is 0 Å². The third-order valence-electron chi connectivity index (χ3n) is 3.94. The van der Waals surface area contributed by atoms with Crippen LogP contribution in [0.5, 0.6) is 11.5 Å². The van der Waals surface area contributed by atoms with Gasteiger partial charge >= 0.3 is 0 Å². The minimum atomic E-state index is -4.05. The Hall–Kier alpha value is -2.72. The summed E-state index contributed by atoms with van der Waals surface area (Å²) in [5, 5.41) is 2.64. The lowest BCUT2D eigenvalue weighted by atomic mass is 10.2. The minimum absolute atomic E-state index is 0.132. The molecule has 150 valence electrons. The number of halogens is 2. The number of sulfonamides is 1. The van der Waals surface area contributed by atoms with Crippen LogP contribution >= 0.6 is 0 Å². The number of ether oxygens (including phenoxy) is 2. The monoisotopic (exact) mass is 412 g/mol. The highest BCUT2D eigenvalue weighted by molar-refractivity contribution is 7.89. The van der Waals surface area contributed by atoms with Gasteiger partial charge in [0.1, 0.15) is 12.7 Å². The van der Waals surface area contributed by atoms with Crippen molar-refractivity contribution in [3.8, 4) is 11.5 Å². The predicted molar refractivity (Wildman–Crippen MR) is 95.5 cm³/mol. The summed E-state index contributed by atoms with van der Waals surface area (Å²) in [6.45, 7) is 0.279. The molecule has 1 heterocycles. The highest BCUT2D eigenvalue weighted by atomic mass is 32.2. The summed E-state index contributed by atoms with van der Waals surface area (Å²) >= 11 is 0.